The molecule has 4 aromatic rings. The molecule has 1 unspecified atom stereocenters. The number of benzene rings is 3. The highest BCUT2D eigenvalue weighted by atomic mass is 16.4. The van der Waals surface area contributed by atoms with Crippen LogP contribution >= 0.6 is 0 Å². The molecule has 39 heavy (non-hydrogen) atoms. The van der Waals surface area contributed by atoms with E-state index in [2.05, 4.69) is 22.4 Å². The number of rotatable bonds is 8. The highest BCUT2D eigenvalue weighted by Crippen LogP contribution is 2.45. The van der Waals surface area contributed by atoms with E-state index in [0.29, 0.717) is 31.1 Å². The number of amides is 2. The summed E-state index contributed by atoms with van der Waals surface area (Å²) in [6, 6.07) is 21.0. The van der Waals surface area contributed by atoms with Gasteiger partial charge in [-0.25, -0.2) is 9.78 Å². The van der Waals surface area contributed by atoms with Crippen LogP contribution < -0.4 is 11.1 Å². The van der Waals surface area contributed by atoms with Gasteiger partial charge in [0.2, 0.25) is 0 Å². The second kappa shape index (κ2) is 10.4. The molecule has 1 aromatic heterocycles. The number of nitrogens with one attached hydrogen (secondary N) is 2. The van der Waals surface area contributed by atoms with E-state index >= 15 is 0 Å². The van der Waals surface area contributed by atoms with Crippen molar-refractivity contribution < 1.29 is 14.7 Å². The van der Waals surface area contributed by atoms with Gasteiger partial charge in [-0.05, 0) is 71.2 Å². The number of hydrogen-bond acceptors (Lipinski definition) is 4. The molecule has 1 aliphatic carbocycles. The molecule has 0 saturated heterocycles. The molecule has 2 amide bonds. The standard InChI is InChI=1S/C31H31N5O3/c32-17-22-10-13-25-24(28(22)21-6-7-21)14-15-36(30(25)37)27(16-19-4-2-1-3-5-19)29-33-18-26(35-29)20-8-11-23(12-9-20)34-31(38)39/h1-5,8-13,18,21,27,34H,6-7,14-17,32H2,(H,33,35)(H,38,39). The zero-order valence-electron chi connectivity index (χ0n) is 21.6. The second-order valence-corrected chi connectivity index (χ2v) is 10.3. The monoisotopic (exact) mass is 521 g/mol. The third kappa shape index (κ3) is 5.03. The molecule has 1 atom stereocenters. The molecule has 2 aliphatic rings. The highest BCUT2D eigenvalue weighted by Gasteiger charge is 2.37. The number of fused-ring (bicyclic) bond motifs is 1. The van der Waals surface area contributed by atoms with Crippen LogP contribution in [0.15, 0.2) is 72.9 Å². The van der Waals surface area contributed by atoms with Crippen LogP contribution in [0.4, 0.5) is 10.5 Å². The number of carbonyl (C=O) groups is 2. The summed E-state index contributed by atoms with van der Waals surface area (Å²) < 4.78 is 0. The van der Waals surface area contributed by atoms with E-state index < -0.39 is 6.09 Å². The number of aromatic amines is 1. The van der Waals surface area contributed by atoms with Crippen molar-refractivity contribution in [3.63, 3.8) is 0 Å². The Morgan fingerprint density at radius 2 is 1.87 bits per heavy atom. The summed E-state index contributed by atoms with van der Waals surface area (Å²) in [5.74, 6) is 1.28. The fourth-order valence-electron chi connectivity index (χ4n) is 5.73. The van der Waals surface area contributed by atoms with Crippen molar-refractivity contribution in [3.8, 4) is 11.3 Å². The molecule has 1 aliphatic heterocycles. The molecule has 5 N–H and O–H groups in total. The minimum atomic E-state index is -1.10. The molecular formula is C31H31N5O3. The van der Waals surface area contributed by atoms with E-state index in [1.54, 1.807) is 18.3 Å². The molecule has 198 valence electrons. The lowest BCUT2D eigenvalue weighted by Crippen LogP contribution is -2.42. The molecule has 0 radical (unpaired) electrons. The van der Waals surface area contributed by atoms with Gasteiger partial charge >= 0.3 is 6.09 Å². The van der Waals surface area contributed by atoms with Crippen LogP contribution in [0, 0.1) is 0 Å². The summed E-state index contributed by atoms with van der Waals surface area (Å²) in [5.41, 5.74) is 13.8. The summed E-state index contributed by atoms with van der Waals surface area (Å²) in [5, 5.41) is 11.3. The fourth-order valence-corrected chi connectivity index (χ4v) is 5.73. The Morgan fingerprint density at radius 1 is 1.10 bits per heavy atom. The zero-order chi connectivity index (χ0) is 26.9. The third-order valence-electron chi connectivity index (χ3n) is 7.75. The maximum atomic E-state index is 14.0. The Hall–Kier alpha value is -4.43. The molecule has 1 fully saturated rings. The fraction of sp³-hybridized carbons (Fsp3) is 0.258. The molecule has 3 aromatic carbocycles. The summed E-state index contributed by atoms with van der Waals surface area (Å²) >= 11 is 0. The van der Waals surface area contributed by atoms with Crippen molar-refractivity contribution in [1.29, 1.82) is 0 Å². The van der Waals surface area contributed by atoms with Gasteiger partial charge in [0.25, 0.3) is 5.91 Å². The van der Waals surface area contributed by atoms with E-state index in [9.17, 15) is 9.59 Å². The van der Waals surface area contributed by atoms with E-state index in [4.69, 9.17) is 15.8 Å². The number of H-pyrrole nitrogens is 1. The number of nitrogens with two attached hydrogens (primary N) is 1. The number of imidazole rings is 1. The van der Waals surface area contributed by atoms with Gasteiger partial charge in [-0.2, -0.15) is 0 Å². The van der Waals surface area contributed by atoms with Crippen molar-refractivity contribution in [2.45, 2.75) is 44.2 Å². The van der Waals surface area contributed by atoms with Crippen molar-refractivity contribution in [3.05, 3.63) is 107 Å². The molecule has 0 spiro atoms. The summed E-state index contributed by atoms with van der Waals surface area (Å²) in [4.78, 5) is 35.1. The van der Waals surface area contributed by atoms with E-state index in [-0.39, 0.29) is 11.9 Å². The van der Waals surface area contributed by atoms with Gasteiger partial charge in [-0.3, -0.25) is 10.1 Å². The van der Waals surface area contributed by atoms with Crippen LogP contribution in [0.1, 0.15) is 63.2 Å². The topological polar surface area (TPSA) is 124 Å². The highest BCUT2D eigenvalue weighted by molar-refractivity contribution is 5.97. The third-order valence-corrected chi connectivity index (χ3v) is 7.75. The Balaban J connectivity index is 1.33. The lowest BCUT2D eigenvalue weighted by molar-refractivity contribution is 0.0647. The van der Waals surface area contributed by atoms with Gasteiger partial charge in [0.1, 0.15) is 5.82 Å². The summed E-state index contributed by atoms with van der Waals surface area (Å²) in [7, 11) is 0. The van der Waals surface area contributed by atoms with Gasteiger partial charge < -0.3 is 20.7 Å². The number of hydrogen-bond donors (Lipinski definition) is 4. The zero-order valence-corrected chi connectivity index (χ0v) is 21.6. The first-order valence-corrected chi connectivity index (χ1v) is 13.4. The van der Waals surface area contributed by atoms with Gasteiger partial charge in [0.05, 0.1) is 17.9 Å². The Morgan fingerprint density at radius 3 is 2.56 bits per heavy atom. The summed E-state index contributed by atoms with van der Waals surface area (Å²) in [6.07, 6.45) is 4.44. The van der Waals surface area contributed by atoms with E-state index in [1.165, 1.54) is 29.5 Å². The minimum absolute atomic E-state index is 0.0321. The Bertz CT molecular complexity index is 1510. The Labute approximate surface area is 226 Å². The lowest BCUT2D eigenvalue weighted by Gasteiger charge is -2.36. The van der Waals surface area contributed by atoms with Crippen molar-refractivity contribution in [1.82, 2.24) is 14.9 Å². The second-order valence-electron chi connectivity index (χ2n) is 10.3. The van der Waals surface area contributed by atoms with Crippen molar-refractivity contribution >= 4 is 17.7 Å². The lowest BCUT2D eigenvalue weighted by atomic mass is 9.87. The van der Waals surface area contributed by atoms with Crippen LogP contribution in [0.5, 0.6) is 0 Å². The maximum absolute atomic E-state index is 14.0. The van der Waals surface area contributed by atoms with Gasteiger partial charge in [-0.15, -0.1) is 0 Å². The predicted molar refractivity (Wildman–Crippen MR) is 150 cm³/mol. The van der Waals surface area contributed by atoms with E-state index in [0.717, 1.165) is 34.6 Å². The van der Waals surface area contributed by atoms with Crippen LogP contribution in [0.2, 0.25) is 0 Å². The average molecular weight is 522 g/mol. The van der Waals surface area contributed by atoms with Crippen LogP contribution in [0.25, 0.3) is 11.3 Å². The first kappa shape index (κ1) is 24.9. The quantitative estimate of drug-likeness (QED) is 0.244. The number of anilines is 1. The average Bonchev–Trinajstić information content (AvgIpc) is 3.67. The smallest absolute Gasteiger partial charge is 0.409 e. The number of carbonyl (C=O) groups excluding carboxylic acids is 1. The molecular weight excluding hydrogens is 490 g/mol. The first-order valence-electron chi connectivity index (χ1n) is 13.4. The minimum Gasteiger partial charge on any atom is -0.465 e. The van der Waals surface area contributed by atoms with Crippen LogP contribution in [-0.2, 0) is 19.4 Å². The van der Waals surface area contributed by atoms with Crippen molar-refractivity contribution in [2.75, 3.05) is 11.9 Å². The van der Waals surface area contributed by atoms with Crippen LogP contribution in [-0.4, -0.2) is 38.5 Å². The molecule has 8 heteroatoms. The number of aromatic nitrogens is 2. The predicted octanol–water partition coefficient (Wildman–Crippen LogP) is 5.49. The van der Waals surface area contributed by atoms with Gasteiger partial charge in [0.15, 0.2) is 0 Å². The molecule has 6 rings (SSSR count). The molecule has 8 nitrogen and oxygen atoms in total. The molecule has 2 heterocycles. The SMILES string of the molecule is NCc1ccc2c(c1C1CC1)CCN(C(Cc1ccccc1)c1ncc(-c3ccc(NC(=O)O)cc3)[nH]1)C2=O. The number of nitrogens with zero attached hydrogens (tertiary/aromatic N) is 2. The van der Waals surface area contributed by atoms with Gasteiger partial charge in [-0.1, -0.05) is 48.5 Å². The summed E-state index contributed by atoms with van der Waals surface area (Å²) in [6.45, 7) is 1.11. The number of carboxylic acid groups (broad SMARTS) is 1. The first-order chi connectivity index (χ1) is 19.0. The Kier molecular flexibility index (Phi) is 6.62. The molecule has 1 saturated carbocycles. The largest absolute Gasteiger partial charge is 0.465 e. The van der Waals surface area contributed by atoms with Crippen LogP contribution in [0.3, 0.4) is 0 Å². The maximum Gasteiger partial charge on any atom is 0.409 e. The normalized spacial score (nSPS) is 15.6. The van der Waals surface area contributed by atoms with Gasteiger partial charge in [0, 0.05) is 30.8 Å². The van der Waals surface area contributed by atoms with E-state index in [1.807, 2.05) is 47.4 Å². The molecule has 0 bridgehead atoms. The van der Waals surface area contributed by atoms with Crippen molar-refractivity contribution in [2.24, 2.45) is 5.73 Å².